The predicted molar refractivity (Wildman–Crippen MR) is 40.9 cm³/mol. The minimum absolute atomic E-state index is 0.376. The molecular weight excluding hydrogens is 225 g/mol. The number of nitro groups is 1. The van der Waals surface area contributed by atoms with Gasteiger partial charge in [-0.15, -0.1) is 0 Å². The Morgan fingerprint density at radius 3 is 2.43 bits per heavy atom. The van der Waals surface area contributed by atoms with Crippen molar-refractivity contribution in [1.29, 1.82) is 0 Å². The Morgan fingerprint density at radius 1 is 1.43 bits per heavy atom. The van der Waals surface area contributed by atoms with Crippen LogP contribution in [0, 0.1) is 10.1 Å². The van der Waals surface area contributed by atoms with E-state index in [-0.39, 0.29) is 5.02 Å². The maximum absolute atomic E-state index is 12.1. The van der Waals surface area contributed by atoms with Crippen molar-refractivity contribution in [3.8, 4) is 0 Å². The minimum Gasteiger partial charge on any atom is -0.358 e. The molecule has 0 radical (unpaired) electrons. The monoisotopic (exact) mass is 226 g/mol. The first-order valence-electron chi connectivity index (χ1n) is 3.20. The van der Waals surface area contributed by atoms with E-state index in [4.69, 9.17) is 11.6 Å². The molecule has 0 amide bonds. The van der Waals surface area contributed by atoms with Crippen LogP contribution in [0.3, 0.4) is 0 Å². The van der Waals surface area contributed by atoms with Crippen molar-refractivity contribution >= 4 is 17.4 Å². The van der Waals surface area contributed by atoms with Crippen LogP contribution in [0.4, 0.5) is 19.0 Å². The van der Waals surface area contributed by atoms with Crippen LogP contribution in [-0.4, -0.2) is 9.91 Å². The Balaban J connectivity index is 3.28. The molecule has 8 heteroatoms. The number of hydrogen-bond acceptors (Lipinski definition) is 3. The smallest absolute Gasteiger partial charge is 0.358 e. The highest BCUT2D eigenvalue weighted by Crippen LogP contribution is 2.31. The third kappa shape index (κ3) is 2.32. The fourth-order valence-electron chi connectivity index (χ4n) is 0.722. The predicted octanol–water partition coefficient (Wildman–Crippen LogP) is 2.66. The summed E-state index contributed by atoms with van der Waals surface area (Å²) >= 11 is 5.26. The normalized spacial score (nSPS) is 11.4. The van der Waals surface area contributed by atoms with Gasteiger partial charge in [0.25, 0.3) is 5.69 Å². The fraction of sp³-hybridized carbons (Fsp3) is 0.167. The van der Waals surface area contributed by atoms with Crippen molar-refractivity contribution < 1.29 is 18.1 Å². The number of halogens is 4. The van der Waals surface area contributed by atoms with E-state index in [0.29, 0.717) is 6.07 Å². The molecule has 0 aliphatic carbocycles. The van der Waals surface area contributed by atoms with Gasteiger partial charge in [-0.2, -0.15) is 13.2 Å². The molecule has 76 valence electrons. The molecule has 1 aromatic heterocycles. The molecule has 0 spiro atoms. The number of hydrogen-bond donors (Lipinski definition) is 0. The topological polar surface area (TPSA) is 56.0 Å². The molecule has 0 aromatic carbocycles. The lowest BCUT2D eigenvalue weighted by atomic mass is 10.3. The van der Waals surface area contributed by atoms with Gasteiger partial charge in [-0.3, -0.25) is 0 Å². The third-order valence-electron chi connectivity index (χ3n) is 1.25. The highest BCUT2D eigenvalue weighted by molar-refractivity contribution is 6.30. The zero-order valence-electron chi connectivity index (χ0n) is 6.38. The van der Waals surface area contributed by atoms with Gasteiger partial charge in [0, 0.05) is 6.07 Å². The Labute approximate surface area is 80.5 Å². The van der Waals surface area contributed by atoms with Crippen LogP contribution in [0.15, 0.2) is 12.1 Å². The molecular formula is C6H2ClF3N2O2. The second kappa shape index (κ2) is 3.41. The summed E-state index contributed by atoms with van der Waals surface area (Å²) in [5, 5.41) is 9.77. The van der Waals surface area contributed by atoms with Gasteiger partial charge in [0.15, 0.2) is 0 Å². The van der Waals surface area contributed by atoms with E-state index in [0.717, 1.165) is 6.07 Å². The largest absolute Gasteiger partial charge is 0.458 e. The summed E-state index contributed by atoms with van der Waals surface area (Å²) in [6.45, 7) is 0. The molecule has 4 nitrogen and oxygen atoms in total. The van der Waals surface area contributed by atoms with E-state index >= 15 is 0 Å². The maximum Gasteiger partial charge on any atom is 0.458 e. The van der Waals surface area contributed by atoms with Gasteiger partial charge in [0.2, 0.25) is 0 Å². The number of rotatable bonds is 1. The van der Waals surface area contributed by atoms with E-state index in [1.54, 1.807) is 0 Å². The molecule has 1 rings (SSSR count). The zero-order valence-corrected chi connectivity index (χ0v) is 7.13. The lowest BCUT2D eigenvalue weighted by molar-refractivity contribution is -0.390. The summed E-state index contributed by atoms with van der Waals surface area (Å²) < 4.78 is 36.2. The van der Waals surface area contributed by atoms with Gasteiger partial charge in [0.1, 0.15) is 0 Å². The molecule has 0 saturated heterocycles. The van der Waals surface area contributed by atoms with Gasteiger partial charge >= 0.3 is 12.0 Å². The van der Waals surface area contributed by atoms with E-state index < -0.39 is 22.6 Å². The number of alkyl halides is 3. The van der Waals surface area contributed by atoms with E-state index in [2.05, 4.69) is 4.98 Å². The molecule has 0 saturated carbocycles. The van der Waals surface area contributed by atoms with Gasteiger partial charge in [-0.25, -0.2) is 0 Å². The van der Waals surface area contributed by atoms with Crippen molar-refractivity contribution in [3.63, 3.8) is 0 Å². The summed E-state index contributed by atoms with van der Waals surface area (Å²) in [6.07, 6.45) is -4.74. The number of aromatic nitrogens is 1. The summed E-state index contributed by atoms with van der Waals surface area (Å²) in [6, 6.07) is 1.27. The lowest BCUT2D eigenvalue weighted by Gasteiger charge is -2.01. The first-order chi connectivity index (χ1) is 6.30. The highest BCUT2D eigenvalue weighted by atomic mass is 35.5. The van der Waals surface area contributed by atoms with Crippen molar-refractivity contribution in [2.75, 3.05) is 0 Å². The SMILES string of the molecule is O=[N+]([O-])c1cc(Cl)cc(C(F)(F)F)n1. The van der Waals surface area contributed by atoms with Gasteiger partial charge < -0.3 is 10.1 Å². The zero-order chi connectivity index (χ0) is 10.9. The van der Waals surface area contributed by atoms with Crippen LogP contribution in [0.2, 0.25) is 5.02 Å². The van der Waals surface area contributed by atoms with Crippen molar-refractivity contribution in [2.45, 2.75) is 6.18 Å². The van der Waals surface area contributed by atoms with Gasteiger partial charge in [-0.05, 0) is 9.91 Å². The van der Waals surface area contributed by atoms with E-state index in [1.807, 2.05) is 0 Å². The Kier molecular flexibility index (Phi) is 2.61. The van der Waals surface area contributed by atoms with E-state index in [1.165, 1.54) is 0 Å². The number of nitrogens with zero attached hydrogens (tertiary/aromatic N) is 2. The van der Waals surface area contributed by atoms with Gasteiger partial charge in [-0.1, -0.05) is 11.6 Å². The van der Waals surface area contributed by atoms with Crippen LogP contribution in [0.5, 0.6) is 0 Å². The Hall–Kier alpha value is -1.37. The molecule has 0 aliphatic rings. The molecule has 0 fully saturated rings. The number of pyridine rings is 1. The van der Waals surface area contributed by atoms with Crippen LogP contribution >= 0.6 is 11.6 Å². The summed E-state index contributed by atoms with van der Waals surface area (Å²) in [4.78, 5) is 11.9. The van der Waals surface area contributed by atoms with Crippen LogP contribution < -0.4 is 0 Å². The second-order valence-corrected chi connectivity index (χ2v) is 2.72. The van der Waals surface area contributed by atoms with Crippen LogP contribution in [-0.2, 0) is 6.18 Å². The maximum atomic E-state index is 12.1. The van der Waals surface area contributed by atoms with Crippen molar-refractivity contribution in [3.05, 3.63) is 33.0 Å². The standard InChI is InChI=1S/C6H2ClF3N2O2/c7-3-1-4(6(8,9)10)11-5(2-3)12(13)14/h1-2H. The molecule has 1 aromatic rings. The minimum atomic E-state index is -4.74. The molecule has 0 bridgehead atoms. The first-order valence-corrected chi connectivity index (χ1v) is 3.57. The molecule has 14 heavy (non-hydrogen) atoms. The van der Waals surface area contributed by atoms with E-state index in [9.17, 15) is 23.3 Å². The first kappa shape index (κ1) is 10.7. The molecule has 0 atom stereocenters. The Bertz CT molecular complexity index is 380. The highest BCUT2D eigenvalue weighted by Gasteiger charge is 2.38. The quantitative estimate of drug-likeness (QED) is 0.546. The summed E-state index contributed by atoms with van der Waals surface area (Å²) in [5.74, 6) is -0.926. The summed E-state index contributed by atoms with van der Waals surface area (Å²) in [5.41, 5.74) is -1.38. The second-order valence-electron chi connectivity index (χ2n) is 2.28. The average Bonchev–Trinajstić information content (AvgIpc) is 2.01. The van der Waals surface area contributed by atoms with Gasteiger partial charge in [0.05, 0.1) is 11.1 Å². The fourth-order valence-corrected chi connectivity index (χ4v) is 0.923. The summed E-state index contributed by atoms with van der Waals surface area (Å²) in [7, 11) is 0. The Morgan fingerprint density at radius 2 is 2.00 bits per heavy atom. The lowest BCUT2D eigenvalue weighted by Crippen LogP contribution is -2.09. The van der Waals surface area contributed by atoms with Crippen LogP contribution in [0.25, 0.3) is 0 Å². The van der Waals surface area contributed by atoms with Crippen molar-refractivity contribution in [2.24, 2.45) is 0 Å². The molecule has 1 heterocycles. The third-order valence-corrected chi connectivity index (χ3v) is 1.47. The molecule has 0 unspecified atom stereocenters. The average molecular weight is 227 g/mol. The molecule has 0 aliphatic heterocycles. The molecule has 0 N–H and O–H groups in total. The van der Waals surface area contributed by atoms with Crippen LogP contribution in [0.1, 0.15) is 5.69 Å². The van der Waals surface area contributed by atoms with Crippen molar-refractivity contribution in [1.82, 2.24) is 4.98 Å².